The molecule has 0 radical (unpaired) electrons. The van der Waals surface area contributed by atoms with Gasteiger partial charge in [0, 0.05) is 12.1 Å². The molecule has 1 amide bonds. The molecule has 0 unspecified atom stereocenters. The topological polar surface area (TPSA) is 47.6 Å². The maximum Gasteiger partial charge on any atom is 0.251 e. The molecule has 0 atom stereocenters. The number of hydrogen-bond donors (Lipinski definition) is 1. The van der Waals surface area contributed by atoms with Gasteiger partial charge >= 0.3 is 0 Å². The van der Waals surface area contributed by atoms with Crippen LogP contribution in [0.25, 0.3) is 0 Å². The van der Waals surface area contributed by atoms with E-state index in [1.165, 1.54) is 18.4 Å². The normalized spacial score (nSPS) is 14.4. The molecule has 4 heteroatoms. The molecule has 1 aromatic carbocycles. The first-order valence-electron chi connectivity index (χ1n) is 6.92. The van der Waals surface area contributed by atoms with Crippen molar-refractivity contribution in [2.75, 3.05) is 20.8 Å². The van der Waals surface area contributed by atoms with Crippen molar-refractivity contribution in [1.82, 2.24) is 5.32 Å². The summed E-state index contributed by atoms with van der Waals surface area (Å²) < 4.78 is 10.4. The van der Waals surface area contributed by atoms with E-state index >= 15 is 0 Å². The number of nitrogens with one attached hydrogen (secondary N) is 1. The van der Waals surface area contributed by atoms with Crippen molar-refractivity contribution in [2.45, 2.75) is 25.7 Å². The van der Waals surface area contributed by atoms with Crippen LogP contribution in [0.15, 0.2) is 29.8 Å². The molecule has 2 rings (SSSR count). The molecule has 4 nitrogen and oxygen atoms in total. The molecule has 108 valence electrons. The van der Waals surface area contributed by atoms with Gasteiger partial charge in [-0.05, 0) is 43.9 Å². The molecule has 0 aliphatic heterocycles. The summed E-state index contributed by atoms with van der Waals surface area (Å²) in [6, 6.07) is 5.18. The Kier molecular flexibility index (Phi) is 5.04. The van der Waals surface area contributed by atoms with E-state index in [-0.39, 0.29) is 5.91 Å². The second-order valence-corrected chi connectivity index (χ2v) is 4.86. The second kappa shape index (κ2) is 6.98. The quantitative estimate of drug-likeness (QED) is 0.840. The number of ether oxygens (including phenoxy) is 2. The summed E-state index contributed by atoms with van der Waals surface area (Å²) >= 11 is 0. The van der Waals surface area contributed by atoms with Gasteiger partial charge in [-0.25, -0.2) is 0 Å². The fraction of sp³-hybridized carbons (Fsp3) is 0.438. The molecule has 0 fully saturated rings. The highest BCUT2D eigenvalue weighted by molar-refractivity contribution is 5.95. The lowest BCUT2D eigenvalue weighted by Crippen LogP contribution is -2.26. The van der Waals surface area contributed by atoms with E-state index < -0.39 is 0 Å². The van der Waals surface area contributed by atoms with E-state index in [2.05, 4.69) is 11.4 Å². The molecule has 0 saturated carbocycles. The summed E-state index contributed by atoms with van der Waals surface area (Å²) in [5.41, 5.74) is 1.91. The Hall–Kier alpha value is -1.97. The Morgan fingerprint density at radius 1 is 1.20 bits per heavy atom. The van der Waals surface area contributed by atoms with Gasteiger partial charge < -0.3 is 14.8 Å². The zero-order valence-corrected chi connectivity index (χ0v) is 12.1. The fourth-order valence-corrected chi connectivity index (χ4v) is 2.34. The Labute approximate surface area is 119 Å². The minimum Gasteiger partial charge on any atom is -0.493 e. The van der Waals surface area contributed by atoms with Crippen LogP contribution in [-0.4, -0.2) is 26.7 Å². The first kappa shape index (κ1) is 14.4. The highest BCUT2D eigenvalue weighted by Gasteiger charge is 2.11. The predicted octanol–water partition coefficient (Wildman–Crippen LogP) is 2.93. The molecule has 1 aliphatic carbocycles. The van der Waals surface area contributed by atoms with E-state index in [1.807, 2.05) is 0 Å². The van der Waals surface area contributed by atoms with E-state index in [9.17, 15) is 4.79 Å². The second-order valence-electron chi connectivity index (χ2n) is 4.86. The van der Waals surface area contributed by atoms with Crippen LogP contribution in [-0.2, 0) is 0 Å². The van der Waals surface area contributed by atoms with E-state index in [1.54, 1.807) is 32.4 Å². The minimum absolute atomic E-state index is 0.0857. The number of rotatable bonds is 5. The van der Waals surface area contributed by atoms with Gasteiger partial charge in [0.05, 0.1) is 14.2 Å². The number of methoxy groups -OCH3 is 2. The van der Waals surface area contributed by atoms with Gasteiger partial charge in [0.2, 0.25) is 0 Å². The minimum atomic E-state index is -0.0857. The van der Waals surface area contributed by atoms with Crippen molar-refractivity contribution in [3.63, 3.8) is 0 Å². The molecule has 0 aromatic heterocycles. The Morgan fingerprint density at radius 3 is 2.65 bits per heavy atom. The first-order valence-corrected chi connectivity index (χ1v) is 6.92. The average Bonchev–Trinajstić information content (AvgIpc) is 2.52. The van der Waals surface area contributed by atoms with E-state index in [0.717, 1.165) is 12.8 Å². The summed E-state index contributed by atoms with van der Waals surface area (Å²) in [4.78, 5) is 12.1. The van der Waals surface area contributed by atoms with Gasteiger partial charge in [0.15, 0.2) is 11.5 Å². The van der Waals surface area contributed by atoms with Gasteiger partial charge in [-0.1, -0.05) is 11.6 Å². The largest absolute Gasteiger partial charge is 0.493 e. The number of benzene rings is 1. The van der Waals surface area contributed by atoms with Crippen molar-refractivity contribution in [2.24, 2.45) is 0 Å². The van der Waals surface area contributed by atoms with Crippen LogP contribution < -0.4 is 14.8 Å². The smallest absolute Gasteiger partial charge is 0.251 e. The third-order valence-electron chi connectivity index (χ3n) is 3.51. The van der Waals surface area contributed by atoms with Crippen LogP contribution in [0.3, 0.4) is 0 Å². The van der Waals surface area contributed by atoms with Gasteiger partial charge in [0.25, 0.3) is 5.91 Å². The average molecular weight is 275 g/mol. The van der Waals surface area contributed by atoms with Gasteiger partial charge in [0.1, 0.15) is 0 Å². The third kappa shape index (κ3) is 3.53. The standard InChI is InChI=1S/C16H21NO3/c1-19-14-9-8-13(10-15(14)20-2)16(18)17-11-12-6-4-3-5-7-12/h6,8-10H,3-5,7,11H2,1-2H3,(H,17,18). The van der Waals surface area contributed by atoms with Crippen LogP contribution >= 0.6 is 0 Å². The summed E-state index contributed by atoms with van der Waals surface area (Å²) in [6.45, 7) is 0.632. The van der Waals surface area contributed by atoms with Crippen molar-refractivity contribution >= 4 is 5.91 Å². The molecular formula is C16H21NO3. The van der Waals surface area contributed by atoms with Crippen molar-refractivity contribution in [3.05, 3.63) is 35.4 Å². The highest BCUT2D eigenvalue weighted by Crippen LogP contribution is 2.27. The van der Waals surface area contributed by atoms with Crippen molar-refractivity contribution in [1.29, 1.82) is 0 Å². The van der Waals surface area contributed by atoms with Gasteiger partial charge in [-0.2, -0.15) is 0 Å². The maximum absolute atomic E-state index is 12.1. The Bertz CT molecular complexity index is 508. The lowest BCUT2D eigenvalue weighted by atomic mass is 9.99. The molecule has 1 aliphatic rings. The van der Waals surface area contributed by atoms with Crippen LogP contribution in [0.2, 0.25) is 0 Å². The lowest BCUT2D eigenvalue weighted by molar-refractivity contribution is 0.0956. The number of carbonyl (C=O) groups is 1. The van der Waals surface area contributed by atoms with Crippen molar-refractivity contribution < 1.29 is 14.3 Å². The molecule has 0 spiro atoms. The third-order valence-corrected chi connectivity index (χ3v) is 3.51. The fourth-order valence-electron chi connectivity index (χ4n) is 2.34. The molecule has 1 N–H and O–H groups in total. The predicted molar refractivity (Wildman–Crippen MR) is 78.4 cm³/mol. The maximum atomic E-state index is 12.1. The van der Waals surface area contributed by atoms with E-state index in [0.29, 0.717) is 23.6 Å². The summed E-state index contributed by atoms with van der Waals surface area (Å²) in [5, 5.41) is 2.95. The summed E-state index contributed by atoms with van der Waals surface area (Å²) in [6.07, 6.45) is 6.93. The van der Waals surface area contributed by atoms with Crippen LogP contribution in [0.1, 0.15) is 36.0 Å². The molecule has 1 aromatic rings. The number of allylic oxidation sites excluding steroid dienone is 1. The van der Waals surface area contributed by atoms with Crippen LogP contribution in [0.4, 0.5) is 0 Å². The Morgan fingerprint density at radius 2 is 2.00 bits per heavy atom. The highest BCUT2D eigenvalue weighted by atomic mass is 16.5. The molecule has 0 saturated heterocycles. The molecule has 0 heterocycles. The SMILES string of the molecule is COc1ccc(C(=O)NCC2=CCCCC2)cc1OC. The Balaban J connectivity index is 2.00. The van der Waals surface area contributed by atoms with Crippen LogP contribution in [0, 0.1) is 0 Å². The molecule has 0 bridgehead atoms. The van der Waals surface area contributed by atoms with Crippen LogP contribution in [0.5, 0.6) is 11.5 Å². The zero-order chi connectivity index (χ0) is 14.4. The van der Waals surface area contributed by atoms with Gasteiger partial charge in [-0.3, -0.25) is 4.79 Å². The monoisotopic (exact) mass is 275 g/mol. The molecular weight excluding hydrogens is 254 g/mol. The zero-order valence-electron chi connectivity index (χ0n) is 12.1. The van der Waals surface area contributed by atoms with E-state index in [4.69, 9.17) is 9.47 Å². The first-order chi connectivity index (χ1) is 9.74. The number of carbonyl (C=O) groups excluding carboxylic acids is 1. The summed E-state index contributed by atoms with van der Waals surface area (Å²) in [5.74, 6) is 1.11. The number of hydrogen-bond acceptors (Lipinski definition) is 3. The molecule has 20 heavy (non-hydrogen) atoms. The van der Waals surface area contributed by atoms with Gasteiger partial charge in [-0.15, -0.1) is 0 Å². The number of amides is 1. The lowest BCUT2D eigenvalue weighted by Gasteiger charge is -2.14. The summed E-state index contributed by atoms with van der Waals surface area (Å²) in [7, 11) is 3.14. The van der Waals surface area contributed by atoms with Crippen molar-refractivity contribution in [3.8, 4) is 11.5 Å².